The van der Waals surface area contributed by atoms with Gasteiger partial charge in [0.05, 0.1) is 36.7 Å². The Morgan fingerprint density at radius 2 is 1.77 bits per heavy atom. The van der Waals surface area contributed by atoms with Crippen molar-refractivity contribution in [2.45, 2.75) is 86.5 Å². The maximum atomic E-state index is 14.4. The first-order valence-corrected chi connectivity index (χ1v) is 14.8. The van der Waals surface area contributed by atoms with E-state index in [0.29, 0.717) is 18.6 Å². The van der Waals surface area contributed by atoms with Gasteiger partial charge in [-0.05, 0) is 97.4 Å². The number of carbonyl (C=O) groups excluding carboxylic acids is 2. The molecule has 9 atom stereocenters. The predicted octanol–water partition coefficient (Wildman–Crippen LogP) is 6.57. The molecule has 0 amide bonds. The third kappa shape index (κ3) is 3.67. The molecule has 6 nitrogen and oxygen atoms in total. The second-order valence-corrected chi connectivity index (χ2v) is 15.2. The second kappa shape index (κ2) is 8.93. The van der Waals surface area contributed by atoms with Crippen LogP contribution in [0.5, 0.6) is 0 Å². The molecule has 5 rings (SSSR count). The molecule has 1 unspecified atom stereocenters. The summed E-state index contributed by atoms with van der Waals surface area (Å²) < 4.78 is 10.9. The Balaban J connectivity index is 1.64. The van der Waals surface area contributed by atoms with Gasteiger partial charge in [0.15, 0.2) is 5.78 Å². The summed E-state index contributed by atoms with van der Waals surface area (Å²) in [4.78, 5) is 27.4. The Hall–Kier alpha value is -2.13. The number of aliphatic hydroxyl groups excluding tert-OH is 1. The van der Waals surface area contributed by atoms with E-state index in [2.05, 4.69) is 40.7 Å². The molecule has 0 spiro atoms. The molecule has 3 saturated carbocycles. The molecule has 0 radical (unpaired) electrons. The standard InChI is InChI=1S/C33H47NO5/c1-29(2)15-21-20(22(16-29)28(37)39-8)9-11-33(6)26(21)23(35)13-25-30(3)14-19(17-34)27(36)31(4,18-38-7)24(30)10-12-32(25,33)5/h13,20-22,24,26,36H,9-12,14-16,18H2,1-8H3/t20?,21-,22-,24-,26+,30+,31+,32-,33-/m1/s1. The molecular weight excluding hydrogens is 490 g/mol. The number of aliphatic hydroxyl groups is 1. The van der Waals surface area contributed by atoms with Crippen molar-refractivity contribution in [1.82, 2.24) is 0 Å². The molecule has 0 aromatic rings. The molecule has 0 aromatic heterocycles. The molecule has 0 bridgehead atoms. The summed E-state index contributed by atoms with van der Waals surface area (Å²) in [6.45, 7) is 13.7. The Kier molecular flexibility index (Phi) is 6.51. The zero-order chi connectivity index (χ0) is 28.8. The number of esters is 1. The van der Waals surface area contributed by atoms with Gasteiger partial charge in [-0.2, -0.15) is 5.26 Å². The lowest BCUT2D eigenvalue weighted by Gasteiger charge is -2.68. The number of fused-ring (bicyclic) bond motifs is 7. The maximum Gasteiger partial charge on any atom is 0.308 e. The molecule has 0 saturated heterocycles. The molecule has 1 N–H and O–H groups in total. The van der Waals surface area contributed by atoms with Gasteiger partial charge in [-0.25, -0.2) is 0 Å². The van der Waals surface area contributed by atoms with E-state index in [4.69, 9.17) is 9.47 Å². The van der Waals surface area contributed by atoms with Crippen molar-refractivity contribution in [3.8, 4) is 6.07 Å². The van der Waals surface area contributed by atoms with Crippen LogP contribution >= 0.6 is 0 Å². The number of carbonyl (C=O) groups is 2. The number of hydrogen-bond acceptors (Lipinski definition) is 6. The lowest BCUT2D eigenvalue weighted by Crippen LogP contribution is -2.64. The fourth-order valence-electron chi connectivity index (χ4n) is 11.0. The smallest absolute Gasteiger partial charge is 0.308 e. The Bertz CT molecular complexity index is 1190. The lowest BCUT2D eigenvalue weighted by atomic mass is 9.35. The van der Waals surface area contributed by atoms with Gasteiger partial charge in [0.25, 0.3) is 0 Å². The first-order chi connectivity index (χ1) is 18.1. The SMILES string of the molecule is COC[C@]1(C)C(O)=C(C#N)C[C@]2(C)C3=CC(=O)[C@@H]4[C@@H]5CC(C)(C)C[C@@H](C(=O)OC)C5CC[C@@]4(C)[C@]3(C)CC[C@H]21. The summed E-state index contributed by atoms with van der Waals surface area (Å²) in [5.41, 5.74) is -0.0425. The van der Waals surface area contributed by atoms with Crippen molar-refractivity contribution < 1.29 is 24.2 Å². The number of ether oxygens (including phenoxy) is 2. The zero-order valence-corrected chi connectivity index (χ0v) is 25.1. The van der Waals surface area contributed by atoms with Crippen LogP contribution in [0.25, 0.3) is 0 Å². The van der Waals surface area contributed by atoms with Crippen LogP contribution in [0.2, 0.25) is 0 Å². The Labute approximate surface area is 234 Å². The van der Waals surface area contributed by atoms with E-state index in [-0.39, 0.29) is 63.3 Å². The summed E-state index contributed by atoms with van der Waals surface area (Å²) in [6.07, 6.45) is 7.80. The van der Waals surface area contributed by atoms with E-state index in [1.807, 2.05) is 13.0 Å². The number of allylic oxidation sites excluding steroid dienone is 3. The molecule has 39 heavy (non-hydrogen) atoms. The second-order valence-electron chi connectivity index (χ2n) is 15.2. The van der Waals surface area contributed by atoms with E-state index in [0.717, 1.165) is 44.1 Å². The fourth-order valence-corrected chi connectivity index (χ4v) is 11.0. The highest BCUT2D eigenvalue weighted by molar-refractivity contribution is 5.95. The molecule has 3 fully saturated rings. The van der Waals surface area contributed by atoms with Crippen LogP contribution in [-0.4, -0.2) is 37.7 Å². The van der Waals surface area contributed by atoms with Crippen molar-refractivity contribution in [3.63, 3.8) is 0 Å². The fraction of sp³-hybridized carbons (Fsp3) is 0.788. The molecule has 5 aliphatic carbocycles. The third-order valence-electron chi connectivity index (χ3n) is 12.7. The van der Waals surface area contributed by atoms with Gasteiger partial charge in [0.1, 0.15) is 5.76 Å². The molecule has 6 heteroatoms. The highest BCUT2D eigenvalue weighted by Gasteiger charge is 2.69. The average molecular weight is 538 g/mol. The quantitative estimate of drug-likeness (QED) is 0.409. The minimum Gasteiger partial charge on any atom is -0.511 e. The van der Waals surface area contributed by atoms with Crippen LogP contribution in [0.4, 0.5) is 0 Å². The predicted molar refractivity (Wildman–Crippen MR) is 148 cm³/mol. The van der Waals surface area contributed by atoms with Crippen molar-refractivity contribution in [2.75, 3.05) is 20.8 Å². The maximum absolute atomic E-state index is 14.4. The average Bonchev–Trinajstić information content (AvgIpc) is 2.86. The van der Waals surface area contributed by atoms with Gasteiger partial charge in [-0.15, -0.1) is 0 Å². The Morgan fingerprint density at radius 3 is 2.38 bits per heavy atom. The summed E-state index contributed by atoms with van der Waals surface area (Å²) in [7, 11) is 3.13. The number of hydrogen-bond donors (Lipinski definition) is 1. The van der Waals surface area contributed by atoms with Gasteiger partial charge in [-0.1, -0.05) is 40.2 Å². The minimum atomic E-state index is -0.686. The van der Waals surface area contributed by atoms with Crippen LogP contribution in [0.3, 0.4) is 0 Å². The van der Waals surface area contributed by atoms with Crippen molar-refractivity contribution in [3.05, 3.63) is 23.0 Å². The van der Waals surface area contributed by atoms with Crippen LogP contribution in [0, 0.1) is 68.0 Å². The van der Waals surface area contributed by atoms with Gasteiger partial charge in [-0.3, -0.25) is 9.59 Å². The largest absolute Gasteiger partial charge is 0.511 e. The zero-order valence-electron chi connectivity index (χ0n) is 25.1. The first kappa shape index (κ1) is 28.4. The van der Waals surface area contributed by atoms with Crippen molar-refractivity contribution >= 4 is 11.8 Å². The normalized spacial score (nSPS) is 46.6. The van der Waals surface area contributed by atoms with E-state index in [1.165, 1.54) is 7.11 Å². The van der Waals surface area contributed by atoms with Crippen LogP contribution in [0.15, 0.2) is 23.0 Å². The number of nitriles is 1. The van der Waals surface area contributed by atoms with E-state index in [9.17, 15) is 20.0 Å². The van der Waals surface area contributed by atoms with Gasteiger partial charge >= 0.3 is 5.97 Å². The highest BCUT2D eigenvalue weighted by atomic mass is 16.5. The van der Waals surface area contributed by atoms with Crippen molar-refractivity contribution in [1.29, 1.82) is 5.26 Å². The van der Waals surface area contributed by atoms with E-state index in [1.54, 1.807) is 7.11 Å². The molecule has 0 aliphatic heterocycles. The number of nitrogens with zero attached hydrogens (tertiary/aromatic N) is 1. The van der Waals surface area contributed by atoms with Crippen LogP contribution in [0.1, 0.15) is 86.5 Å². The summed E-state index contributed by atoms with van der Waals surface area (Å²) in [6, 6.07) is 2.30. The minimum absolute atomic E-state index is 0.0392. The summed E-state index contributed by atoms with van der Waals surface area (Å²) in [5.74, 6) is 0.295. The number of ketones is 1. The van der Waals surface area contributed by atoms with Gasteiger partial charge in [0, 0.05) is 13.0 Å². The molecule has 0 aromatic carbocycles. The summed E-state index contributed by atoms with van der Waals surface area (Å²) in [5, 5.41) is 21.3. The highest BCUT2D eigenvalue weighted by Crippen LogP contribution is 2.74. The van der Waals surface area contributed by atoms with Crippen LogP contribution < -0.4 is 0 Å². The van der Waals surface area contributed by atoms with E-state index < -0.39 is 10.8 Å². The van der Waals surface area contributed by atoms with Crippen LogP contribution in [-0.2, 0) is 19.1 Å². The monoisotopic (exact) mass is 537 g/mol. The molecule has 5 aliphatic rings. The lowest BCUT2D eigenvalue weighted by molar-refractivity contribution is -0.173. The molecular formula is C33H47NO5. The molecule has 0 heterocycles. The van der Waals surface area contributed by atoms with Gasteiger partial charge in [0.2, 0.25) is 0 Å². The first-order valence-electron chi connectivity index (χ1n) is 14.8. The number of methoxy groups -OCH3 is 2. The Morgan fingerprint density at radius 1 is 1.08 bits per heavy atom. The van der Waals surface area contributed by atoms with Crippen molar-refractivity contribution in [2.24, 2.45) is 56.7 Å². The third-order valence-corrected chi connectivity index (χ3v) is 12.7. The summed E-state index contributed by atoms with van der Waals surface area (Å²) >= 11 is 0. The van der Waals surface area contributed by atoms with Gasteiger partial charge < -0.3 is 14.6 Å². The molecule has 214 valence electrons. The van der Waals surface area contributed by atoms with E-state index >= 15 is 0 Å². The number of rotatable bonds is 3. The topological polar surface area (TPSA) is 96.6 Å².